The van der Waals surface area contributed by atoms with E-state index in [0.717, 1.165) is 49.9 Å². The summed E-state index contributed by atoms with van der Waals surface area (Å²) in [5.41, 5.74) is 1.10. The molecule has 3 saturated carbocycles. The highest BCUT2D eigenvalue weighted by atomic mass is 19.4. The second kappa shape index (κ2) is 9.76. The number of ether oxygens (including phenoxy) is 1. The summed E-state index contributed by atoms with van der Waals surface area (Å²) in [6.45, 7) is 0. The van der Waals surface area contributed by atoms with E-state index < -0.39 is 35.6 Å². The van der Waals surface area contributed by atoms with Gasteiger partial charge in [-0.25, -0.2) is 18.7 Å². The molecule has 7 nitrogen and oxygen atoms in total. The number of nitrogens with one attached hydrogen (secondary N) is 2. The Morgan fingerprint density at radius 3 is 2.38 bits per heavy atom. The van der Waals surface area contributed by atoms with Gasteiger partial charge in [0.25, 0.3) is 0 Å². The van der Waals surface area contributed by atoms with Gasteiger partial charge < -0.3 is 20.1 Å². The molecule has 3 fully saturated rings. The minimum Gasteiger partial charge on any atom is -0.481 e. The molecule has 0 radical (unpaired) electrons. The van der Waals surface area contributed by atoms with Crippen molar-refractivity contribution in [1.82, 2.24) is 15.0 Å². The maximum Gasteiger partial charge on any atom is 0.573 e. The van der Waals surface area contributed by atoms with E-state index in [9.17, 15) is 31.9 Å². The standard InChI is InChI=1S/C28H23F5N4O3/c29-16-9-18-19(12-34-25(18)20(30)10-16)26-35-21(13-5-7-17(8-6-13)40-28(31,32)33)11-22(37-26)36-24-15-3-1-14(2-4-15)23(24)27(38)39/h5-12,14-15,23-24,34H,1-4H2,(H,38,39)(H,35,36,37)/t14?,15?,23-,24-/m0/s1. The van der Waals surface area contributed by atoms with E-state index in [2.05, 4.69) is 25.0 Å². The first kappa shape index (κ1) is 26.0. The van der Waals surface area contributed by atoms with Crippen LogP contribution in [0.3, 0.4) is 0 Å². The fourth-order valence-corrected chi connectivity index (χ4v) is 6.14. The molecule has 7 rings (SSSR count). The monoisotopic (exact) mass is 558 g/mol. The molecule has 12 heteroatoms. The van der Waals surface area contributed by atoms with Crippen LogP contribution in [0.1, 0.15) is 25.7 Å². The van der Waals surface area contributed by atoms with Gasteiger partial charge >= 0.3 is 12.3 Å². The molecule has 2 heterocycles. The third-order valence-electron chi connectivity index (χ3n) is 7.88. The molecule has 0 amide bonds. The van der Waals surface area contributed by atoms with Crippen LogP contribution < -0.4 is 10.1 Å². The molecule has 208 valence electrons. The van der Waals surface area contributed by atoms with Gasteiger partial charge in [-0.1, -0.05) is 0 Å². The second-order valence-corrected chi connectivity index (χ2v) is 10.3. The van der Waals surface area contributed by atoms with Crippen molar-refractivity contribution in [2.45, 2.75) is 38.1 Å². The lowest BCUT2D eigenvalue weighted by molar-refractivity contribution is -0.274. The maximum atomic E-state index is 14.4. The van der Waals surface area contributed by atoms with Gasteiger partial charge in [-0.15, -0.1) is 13.2 Å². The number of rotatable bonds is 6. The topological polar surface area (TPSA) is 100 Å². The first-order valence-corrected chi connectivity index (χ1v) is 12.8. The SMILES string of the molecule is O=C(O)[C@H]1C2CCC(CC2)[C@@H]1Nc1cc(-c2ccc(OC(F)(F)F)cc2)nc(-c2c[nH]c3c(F)cc(F)cc23)n1. The second-order valence-electron chi connectivity index (χ2n) is 10.3. The third kappa shape index (κ3) is 4.93. The van der Waals surface area contributed by atoms with E-state index in [1.165, 1.54) is 18.3 Å². The quantitative estimate of drug-likeness (QED) is 0.226. The highest BCUT2D eigenvalue weighted by molar-refractivity contribution is 5.94. The number of alkyl halides is 3. The fourth-order valence-electron chi connectivity index (χ4n) is 6.14. The largest absolute Gasteiger partial charge is 0.573 e. The predicted octanol–water partition coefficient (Wildman–Crippen LogP) is 6.77. The molecule has 2 bridgehead atoms. The van der Waals surface area contributed by atoms with Crippen LogP contribution >= 0.6 is 0 Å². The zero-order chi connectivity index (χ0) is 28.2. The van der Waals surface area contributed by atoms with Crippen LogP contribution in [0.25, 0.3) is 33.5 Å². The summed E-state index contributed by atoms with van der Waals surface area (Å²) in [5, 5.41) is 13.5. The predicted molar refractivity (Wildman–Crippen MR) is 135 cm³/mol. The Bertz CT molecular complexity index is 1580. The van der Waals surface area contributed by atoms with Gasteiger partial charge in [-0.05, 0) is 67.9 Å². The fraction of sp³-hybridized carbons (Fsp3) is 0.321. The number of carboxylic acid groups (broad SMARTS) is 1. The van der Waals surface area contributed by atoms with Gasteiger partial charge in [0, 0.05) is 40.9 Å². The molecule has 0 spiro atoms. The molecule has 3 aliphatic carbocycles. The van der Waals surface area contributed by atoms with Gasteiger partial charge in [0.05, 0.1) is 17.1 Å². The average molecular weight is 559 g/mol. The molecule has 0 unspecified atom stereocenters. The molecular weight excluding hydrogens is 535 g/mol. The van der Waals surface area contributed by atoms with E-state index in [4.69, 9.17) is 0 Å². The Morgan fingerprint density at radius 2 is 1.70 bits per heavy atom. The van der Waals surface area contributed by atoms with Crippen LogP contribution in [0.5, 0.6) is 5.75 Å². The smallest absolute Gasteiger partial charge is 0.481 e. The number of aliphatic carboxylic acids is 1. The van der Waals surface area contributed by atoms with E-state index in [1.54, 1.807) is 6.07 Å². The maximum absolute atomic E-state index is 14.4. The van der Waals surface area contributed by atoms with Crippen molar-refractivity contribution >= 4 is 22.7 Å². The number of carbonyl (C=O) groups is 1. The molecule has 2 atom stereocenters. The molecule has 4 aromatic rings. The molecule has 0 aliphatic heterocycles. The highest BCUT2D eigenvalue weighted by Crippen LogP contribution is 2.46. The van der Waals surface area contributed by atoms with Crippen LogP contribution in [-0.4, -0.2) is 38.4 Å². The molecule has 3 N–H and O–H groups in total. The number of fused-ring (bicyclic) bond motifs is 4. The van der Waals surface area contributed by atoms with E-state index in [1.807, 2.05) is 0 Å². The van der Waals surface area contributed by atoms with Crippen LogP contribution in [-0.2, 0) is 4.79 Å². The number of hydrogen-bond donors (Lipinski definition) is 3. The van der Waals surface area contributed by atoms with E-state index in [0.29, 0.717) is 22.6 Å². The van der Waals surface area contributed by atoms with Crippen LogP contribution in [0.2, 0.25) is 0 Å². The lowest BCUT2D eigenvalue weighted by Crippen LogP contribution is -2.51. The molecular formula is C28H23F5N4O3. The number of aromatic amines is 1. The number of hydrogen-bond acceptors (Lipinski definition) is 5. The number of anilines is 1. The average Bonchev–Trinajstić information content (AvgIpc) is 3.33. The van der Waals surface area contributed by atoms with Crippen LogP contribution in [0, 0.1) is 29.4 Å². The number of carboxylic acids is 1. The Kier molecular flexibility index (Phi) is 6.35. The Morgan fingerprint density at radius 1 is 1.00 bits per heavy atom. The number of halogens is 5. The first-order valence-electron chi connectivity index (χ1n) is 12.8. The van der Waals surface area contributed by atoms with Crippen molar-refractivity contribution in [3.05, 3.63) is 60.3 Å². The summed E-state index contributed by atoms with van der Waals surface area (Å²) in [5.74, 6) is -2.92. The summed E-state index contributed by atoms with van der Waals surface area (Å²) in [4.78, 5) is 24.1. The lowest BCUT2D eigenvalue weighted by atomic mass is 9.61. The number of nitrogens with zero attached hydrogens (tertiary/aromatic N) is 2. The molecule has 3 aliphatic rings. The normalized spacial score (nSPS) is 22.4. The van der Waals surface area contributed by atoms with Crippen molar-refractivity contribution in [3.8, 4) is 28.4 Å². The zero-order valence-corrected chi connectivity index (χ0v) is 20.8. The van der Waals surface area contributed by atoms with E-state index >= 15 is 0 Å². The molecule has 0 saturated heterocycles. The van der Waals surface area contributed by atoms with Crippen molar-refractivity contribution in [2.24, 2.45) is 17.8 Å². The minimum absolute atomic E-state index is 0.0431. The molecule has 2 aromatic carbocycles. The summed E-state index contributed by atoms with van der Waals surface area (Å²) in [6.07, 6.45) is 0.0641. The van der Waals surface area contributed by atoms with Gasteiger partial charge in [0.2, 0.25) is 0 Å². The Hall–Kier alpha value is -4.22. The number of benzene rings is 2. The molecule has 2 aromatic heterocycles. The summed E-state index contributed by atoms with van der Waals surface area (Å²) < 4.78 is 70.4. The van der Waals surface area contributed by atoms with Gasteiger partial charge in [-0.2, -0.15) is 0 Å². The number of aromatic nitrogens is 3. The van der Waals surface area contributed by atoms with Crippen molar-refractivity contribution in [1.29, 1.82) is 0 Å². The van der Waals surface area contributed by atoms with E-state index in [-0.39, 0.29) is 34.6 Å². The van der Waals surface area contributed by atoms with Crippen LogP contribution in [0.4, 0.5) is 27.8 Å². The zero-order valence-electron chi connectivity index (χ0n) is 20.8. The van der Waals surface area contributed by atoms with Crippen LogP contribution in [0.15, 0.2) is 48.7 Å². The first-order chi connectivity index (χ1) is 19.1. The van der Waals surface area contributed by atoms with Crippen molar-refractivity contribution in [3.63, 3.8) is 0 Å². The Labute approximate surface area is 224 Å². The highest BCUT2D eigenvalue weighted by Gasteiger charge is 2.47. The summed E-state index contributed by atoms with van der Waals surface area (Å²) >= 11 is 0. The summed E-state index contributed by atoms with van der Waals surface area (Å²) in [6, 6.07) is 8.19. The minimum atomic E-state index is -4.85. The van der Waals surface area contributed by atoms with Crippen molar-refractivity contribution in [2.75, 3.05) is 5.32 Å². The van der Waals surface area contributed by atoms with Gasteiger partial charge in [0.1, 0.15) is 23.2 Å². The van der Waals surface area contributed by atoms with Gasteiger partial charge in [-0.3, -0.25) is 4.79 Å². The lowest BCUT2D eigenvalue weighted by Gasteiger charge is -2.47. The third-order valence-corrected chi connectivity index (χ3v) is 7.88. The summed E-state index contributed by atoms with van der Waals surface area (Å²) in [7, 11) is 0. The number of H-pyrrole nitrogens is 1. The molecule has 40 heavy (non-hydrogen) atoms. The van der Waals surface area contributed by atoms with Crippen molar-refractivity contribution < 1.29 is 36.6 Å². The Balaban J connectivity index is 1.44. The van der Waals surface area contributed by atoms with Gasteiger partial charge in [0.15, 0.2) is 5.82 Å².